The number of nitrogen functional groups attached to an aromatic ring is 1. The Morgan fingerprint density at radius 1 is 1.14 bits per heavy atom. The number of hydrogen-bond donors (Lipinski definition) is 1. The van der Waals surface area contributed by atoms with Crippen LogP contribution >= 0.6 is 23.2 Å². The number of anilines is 1. The summed E-state index contributed by atoms with van der Waals surface area (Å²) >= 11 is 11.8. The summed E-state index contributed by atoms with van der Waals surface area (Å²) in [5.74, 6) is 0.618. The van der Waals surface area contributed by atoms with Crippen molar-refractivity contribution in [1.82, 2.24) is 0 Å². The Morgan fingerprint density at radius 2 is 1.71 bits per heavy atom. The standard InChI is InChI=1S/C9H13Cl2NOSi/c1-14(2,3)13-9-5-8(12)6(10)4-7(9)11/h4-5H,12H2,1-3H3. The van der Waals surface area contributed by atoms with Gasteiger partial charge < -0.3 is 10.2 Å². The zero-order chi connectivity index (χ0) is 10.9. The van der Waals surface area contributed by atoms with Crippen molar-refractivity contribution >= 4 is 37.2 Å². The van der Waals surface area contributed by atoms with E-state index in [4.69, 9.17) is 33.4 Å². The maximum atomic E-state index is 5.96. The molecule has 0 aromatic heterocycles. The van der Waals surface area contributed by atoms with Crippen molar-refractivity contribution in [3.63, 3.8) is 0 Å². The molecule has 2 nitrogen and oxygen atoms in total. The quantitative estimate of drug-likeness (QED) is 0.640. The minimum atomic E-state index is -1.65. The fourth-order valence-corrected chi connectivity index (χ4v) is 2.27. The van der Waals surface area contributed by atoms with Crippen molar-refractivity contribution in [2.24, 2.45) is 0 Å². The molecule has 0 radical (unpaired) electrons. The lowest BCUT2D eigenvalue weighted by molar-refractivity contribution is 0.558. The van der Waals surface area contributed by atoms with Gasteiger partial charge in [0.25, 0.3) is 0 Å². The molecule has 0 aliphatic rings. The van der Waals surface area contributed by atoms with Gasteiger partial charge in [0.05, 0.1) is 15.7 Å². The Labute approximate surface area is 95.1 Å². The van der Waals surface area contributed by atoms with Gasteiger partial charge in [-0.25, -0.2) is 0 Å². The Balaban J connectivity index is 3.04. The van der Waals surface area contributed by atoms with Crippen molar-refractivity contribution < 1.29 is 4.43 Å². The molecule has 78 valence electrons. The van der Waals surface area contributed by atoms with Gasteiger partial charge >= 0.3 is 0 Å². The van der Waals surface area contributed by atoms with Crippen molar-refractivity contribution in [1.29, 1.82) is 0 Å². The van der Waals surface area contributed by atoms with E-state index in [0.29, 0.717) is 21.5 Å². The minimum absolute atomic E-state index is 0.456. The van der Waals surface area contributed by atoms with Crippen molar-refractivity contribution in [2.75, 3.05) is 5.73 Å². The van der Waals surface area contributed by atoms with Crippen molar-refractivity contribution in [3.05, 3.63) is 22.2 Å². The maximum Gasteiger partial charge on any atom is 0.242 e. The number of benzene rings is 1. The van der Waals surface area contributed by atoms with Crippen LogP contribution in [0.5, 0.6) is 5.75 Å². The molecule has 1 aromatic rings. The van der Waals surface area contributed by atoms with Gasteiger partial charge in [-0.2, -0.15) is 0 Å². The lowest BCUT2D eigenvalue weighted by Gasteiger charge is -2.20. The smallest absolute Gasteiger partial charge is 0.242 e. The molecule has 0 fully saturated rings. The third-order valence-electron chi connectivity index (χ3n) is 1.47. The first-order chi connectivity index (χ1) is 6.29. The number of rotatable bonds is 2. The first kappa shape index (κ1) is 11.7. The molecule has 0 unspecified atom stereocenters. The normalized spacial score (nSPS) is 11.5. The third-order valence-corrected chi connectivity index (χ3v) is 2.92. The summed E-state index contributed by atoms with van der Waals surface area (Å²) in [7, 11) is -1.65. The molecule has 0 spiro atoms. The van der Waals surface area contributed by atoms with Gasteiger partial charge in [-0.05, 0) is 25.7 Å². The zero-order valence-electron chi connectivity index (χ0n) is 8.40. The molecule has 2 N–H and O–H groups in total. The number of hydrogen-bond acceptors (Lipinski definition) is 2. The van der Waals surface area contributed by atoms with Crippen LogP contribution in [-0.2, 0) is 0 Å². The second-order valence-corrected chi connectivity index (χ2v) is 9.26. The van der Waals surface area contributed by atoms with Crippen LogP contribution in [0, 0.1) is 0 Å². The fourth-order valence-electron chi connectivity index (χ4n) is 0.953. The van der Waals surface area contributed by atoms with Gasteiger partial charge in [-0.15, -0.1) is 0 Å². The lowest BCUT2D eigenvalue weighted by Crippen LogP contribution is -2.29. The lowest BCUT2D eigenvalue weighted by atomic mass is 10.3. The topological polar surface area (TPSA) is 35.2 Å². The summed E-state index contributed by atoms with van der Waals surface area (Å²) in [4.78, 5) is 0. The molecule has 0 amide bonds. The highest BCUT2D eigenvalue weighted by atomic mass is 35.5. The van der Waals surface area contributed by atoms with Crippen LogP contribution in [0.1, 0.15) is 0 Å². The maximum absolute atomic E-state index is 5.96. The first-order valence-corrected chi connectivity index (χ1v) is 8.39. The van der Waals surface area contributed by atoms with E-state index in [1.807, 2.05) is 0 Å². The van der Waals surface area contributed by atoms with Crippen molar-refractivity contribution in [2.45, 2.75) is 19.6 Å². The highest BCUT2D eigenvalue weighted by Gasteiger charge is 2.18. The highest BCUT2D eigenvalue weighted by Crippen LogP contribution is 2.33. The zero-order valence-corrected chi connectivity index (χ0v) is 10.9. The van der Waals surface area contributed by atoms with Gasteiger partial charge in [0.15, 0.2) is 0 Å². The molecule has 0 aliphatic heterocycles. The summed E-state index contributed by atoms with van der Waals surface area (Å²) in [6, 6.07) is 3.27. The SMILES string of the molecule is C[Si](C)(C)Oc1cc(N)c(Cl)cc1Cl. The second-order valence-electron chi connectivity index (χ2n) is 4.02. The third kappa shape index (κ3) is 3.08. The Morgan fingerprint density at radius 3 is 2.21 bits per heavy atom. The largest absolute Gasteiger partial charge is 0.543 e. The highest BCUT2D eigenvalue weighted by molar-refractivity contribution is 6.70. The van der Waals surface area contributed by atoms with E-state index in [1.165, 1.54) is 0 Å². The van der Waals surface area contributed by atoms with Crippen LogP contribution in [0.4, 0.5) is 5.69 Å². The van der Waals surface area contributed by atoms with E-state index in [-0.39, 0.29) is 0 Å². The van der Waals surface area contributed by atoms with Gasteiger partial charge in [-0.1, -0.05) is 23.2 Å². The van der Waals surface area contributed by atoms with Crippen LogP contribution in [0.25, 0.3) is 0 Å². The minimum Gasteiger partial charge on any atom is -0.543 e. The average Bonchev–Trinajstić information content (AvgIpc) is 1.97. The Hall–Kier alpha value is -0.383. The summed E-state index contributed by atoms with van der Waals surface area (Å²) in [5.41, 5.74) is 6.14. The monoisotopic (exact) mass is 249 g/mol. The van der Waals surface area contributed by atoms with Crippen LogP contribution in [0.2, 0.25) is 29.7 Å². The predicted octanol–water partition coefficient (Wildman–Crippen LogP) is 3.79. The molecular formula is C9H13Cl2NOSi. The molecule has 0 saturated heterocycles. The fraction of sp³-hybridized carbons (Fsp3) is 0.333. The summed E-state index contributed by atoms with van der Waals surface area (Å²) in [5, 5.41) is 0.963. The van der Waals surface area contributed by atoms with Gasteiger partial charge in [0, 0.05) is 6.07 Å². The van der Waals surface area contributed by atoms with E-state index in [2.05, 4.69) is 19.6 Å². The van der Waals surface area contributed by atoms with E-state index < -0.39 is 8.32 Å². The number of halogens is 2. The van der Waals surface area contributed by atoms with Crippen LogP contribution in [0.3, 0.4) is 0 Å². The van der Waals surface area contributed by atoms with Crippen molar-refractivity contribution in [3.8, 4) is 5.75 Å². The molecular weight excluding hydrogens is 237 g/mol. The van der Waals surface area contributed by atoms with Crippen LogP contribution in [0.15, 0.2) is 12.1 Å². The molecule has 0 aliphatic carbocycles. The number of nitrogens with two attached hydrogens (primary N) is 1. The predicted molar refractivity (Wildman–Crippen MR) is 64.8 cm³/mol. The van der Waals surface area contributed by atoms with E-state index in [9.17, 15) is 0 Å². The molecule has 0 atom stereocenters. The molecule has 14 heavy (non-hydrogen) atoms. The first-order valence-electron chi connectivity index (χ1n) is 4.23. The van der Waals surface area contributed by atoms with Gasteiger partial charge in [-0.3, -0.25) is 0 Å². The molecule has 0 bridgehead atoms. The van der Waals surface area contributed by atoms with E-state index in [0.717, 1.165) is 0 Å². The Kier molecular flexibility index (Phi) is 3.34. The second kappa shape index (κ2) is 4.01. The molecule has 5 heteroatoms. The van der Waals surface area contributed by atoms with Gasteiger partial charge in [0.1, 0.15) is 5.75 Å². The Bertz CT molecular complexity index is 349. The summed E-state index contributed by atoms with van der Waals surface area (Å²) < 4.78 is 5.74. The van der Waals surface area contributed by atoms with E-state index in [1.54, 1.807) is 12.1 Å². The van der Waals surface area contributed by atoms with Crippen LogP contribution in [-0.4, -0.2) is 8.32 Å². The average molecular weight is 250 g/mol. The molecule has 1 rings (SSSR count). The molecule has 0 saturated carbocycles. The molecule has 0 heterocycles. The van der Waals surface area contributed by atoms with Gasteiger partial charge in [0.2, 0.25) is 8.32 Å². The summed E-state index contributed by atoms with van der Waals surface area (Å²) in [6.07, 6.45) is 0. The summed E-state index contributed by atoms with van der Waals surface area (Å²) in [6.45, 7) is 6.23. The molecule has 1 aromatic carbocycles. The van der Waals surface area contributed by atoms with E-state index >= 15 is 0 Å². The van der Waals surface area contributed by atoms with Crippen LogP contribution < -0.4 is 10.2 Å².